The van der Waals surface area contributed by atoms with Crippen LogP contribution in [0.5, 0.6) is 34.5 Å². The van der Waals surface area contributed by atoms with Gasteiger partial charge in [-0.1, -0.05) is 36.4 Å². The minimum atomic E-state index is 0.626. The highest BCUT2D eigenvalue weighted by Crippen LogP contribution is 2.44. The van der Waals surface area contributed by atoms with E-state index in [9.17, 15) is 0 Å². The molecule has 0 saturated carbocycles. The van der Waals surface area contributed by atoms with E-state index < -0.39 is 0 Å². The summed E-state index contributed by atoms with van der Waals surface area (Å²) in [6.07, 6.45) is 3.18. The number of fused-ring (bicyclic) bond motifs is 2. The van der Waals surface area contributed by atoms with Crippen molar-refractivity contribution in [3.05, 3.63) is 59.7 Å². The average Bonchev–Trinajstić information content (AvgIpc) is 3.29. The van der Waals surface area contributed by atoms with E-state index in [1.165, 1.54) is 17.5 Å². The van der Waals surface area contributed by atoms with E-state index >= 15 is 0 Å². The van der Waals surface area contributed by atoms with E-state index in [-0.39, 0.29) is 0 Å². The van der Waals surface area contributed by atoms with Crippen LogP contribution in [0, 0.1) is 0 Å². The summed E-state index contributed by atoms with van der Waals surface area (Å²) in [5, 5.41) is 4.25. The first kappa shape index (κ1) is 30.6. The first-order chi connectivity index (χ1) is 21.0. The highest BCUT2D eigenvalue weighted by molar-refractivity contribution is 5.94. The maximum Gasteiger partial charge on any atom is 0.203 e. The van der Waals surface area contributed by atoms with Crippen LogP contribution in [0.1, 0.15) is 17.5 Å². The third-order valence-electron chi connectivity index (χ3n) is 8.53. The molecule has 0 bridgehead atoms. The second kappa shape index (κ2) is 14.1. The standard InChI is InChI=1S/C35H44N2O6/c1-38-30-22-26-20-24(8-10-28(26)32(40-3)34(30)42-5)12-16-36-14-7-15-37(19-18-36)17-13-25-9-11-29-27(21-25)23-31(39-2)35(43-6)33(29)41-4/h8-11,20-23H,7,12-19H2,1-6H3. The zero-order valence-electron chi connectivity index (χ0n) is 26.3. The van der Waals surface area contributed by atoms with Crippen LogP contribution in [0.3, 0.4) is 0 Å². The predicted molar refractivity (Wildman–Crippen MR) is 172 cm³/mol. The summed E-state index contributed by atoms with van der Waals surface area (Å²) >= 11 is 0. The molecule has 1 fully saturated rings. The van der Waals surface area contributed by atoms with Crippen molar-refractivity contribution in [1.29, 1.82) is 0 Å². The summed E-state index contributed by atoms with van der Waals surface area (Å²) < 4.78 is 33.6. The number of methoxy groups -OCH3 is 6. The van der Waals surface area contributed by atoms with E-state index in [2.05, 4.69) is 46.2 Å². The van der Waals surface area contributed by atoms with Gasteiger partial charge in [0.2, 0.25) is 11.5 Å². The molecular weight excluding hydrogens is 544 g/mol. The number of rotatable bonds is 12. The average molecular weight is 589 g/mol. The van der Waals surface area contributed by atoms with Crippen molar-refractivity contribution in [3.8, 4) is 34.5 Å². The maximum atomic E-state index is 5.67. The van der Waals surface area contributed by atoms with Crippen molar-refractivity contribution in [2.75, 3.05) is 81.9 Å². The molecule has 8 heteroatoms. The van der Waals surface area contributed by atoms with Crippen molar-refractivity contribution in [1.82, 2.24) is 9.80 Å². The summed E-state index contributed by atoms with van der Waals surface area (Å²) in [5.41, 5.74) is 2.62. The van der Waals surface area contributed by atoms with Crippen LogP contribution in [0.15, 0.2) is 48.5 Å². The Bertz CT molecular complexity index is 1440. The molecule has 0 atom stereocenters. The molecule has 43 heavy (non-hydrogen) atoms. The fraction of sp³-hybridized carbons (Fsp3) is 0.429. The lowest BCUT2D eigenvalue weighted by Crippen LogP contribution is -2.33. The Balaban J connectivity index is 1.18. The Morgan fingerprint density at radius 2 is 0.907 bits per heavy atom. The van der Waals surface area contributed by atoms with E-state index in [4.69, 9.17) is 28.4 Å². The Hall–Kier alpha value is -3.88. The first-order valence-corrected chi connectivity index (χ1v) is 14.9. The van der Waals surface area contributed by atoms with Gasteiger partial charge in [-0.25, -0.2) is 0 Å². The van der Waals surface area contributed by atoms with Crippen molar-refractivity contribution >= 4 is 21.5 Å². The largest absolute Gasteiger partial charge is 0.493 e. The van der Waals surface area contributed by atoms with Crippen molar-refractivity contribution < 1.29 is 28.4 Å². The SMILES string of the molecule is COc1cc2cc(CCN3CCCN(CCc4ccc5c(OC)c(OC)c(OC)cc5c4)CC3)ccc2c(OC)c1OC. The zero-order valence-corrected chi connectivity index (χ0v) is 26.3. The van der Waals surface area contributed by atoms with Crippen LogP contribution in [-0.2, 0) is 12.8 Å². The lowest BCUT2D eigenvalue weighted by atomic mass is 10.0. The maximum absolute atomic E-state index is 5.67. The Labute approximate surface area is 255 Å². The minimum Gasteiger partial charge on any atom is -0.493 e. The molecule has 0 N–H and O–H groups in total. The molecule has 0 aromatic heterocycles. The third kappa shape index (κ3) is 6.55. The van der Waals surface area contributed by atoms with Gasteiger partial charge in [0, 0.05) is 37.0 Å². The van der Waals surface area contributed by atoms with Gasteiger partial charge < -0.3 is 38.2 Å². The molecule has 4 aromatic rings. The number of hydrogen-bond donors (Lipinski definition) is 0. The number of hydrogen-bond acceptors (Lipinski definition) is 8. The predicted octanol–water partition coefficient (Wildman–Crippen LogP) is 5.84. The molecule has 1 aliphatic rings. The Kier molecular flexibility index (Phi) is 10.00. The highest BCUT2D eigenvalue weighted by Gasteiger charge is 2.19. The quantitative estimate of drug-likeness (QED) is 0.205. The van der Waals surface area contributed by atoms with Gasteiger partial charge in [0.15, 0.2) is 23.0 Å². The number of ether oxygens (including phenoxy) is 6. The molecule has 1 aliphatic heterocycles. The van der Waals surface area contributed by atoms with Crippen LogP contribution in [0.2, 0.25) is 0 Å². The van der Waals surface area contributed by atoms with E-state index in [0.29, 0.717) is 34.5 Å². The number of nitrogens with zero attached hydrogens (tertiary/aromatic N) is 2. The lowest BCUT2D eigenvalue weighted by molar-refractivity contribution is 0.260. The molecule has 0 spiro atoms. The zero-order chi connectivity index (χ0) is 30.3. The van der Waals surface area contributed by atoms with E-state index in [1.807, 2.05) is 12.1 Å². The third-order valence-corrected chi connectivity index (χ3v) is 8.53. The van der Waals surface area contributed by atoms with Gasteiger partial charge in [0.05, 0.1) is 42.7 Å². The van der Waals surface area contributed by atoms with Crippen LogP contribution >= 0.6 is 0 Å². The Morgan fingerprint density at radius 1 is 0.488 bits per heavy atom. The molecule has 1 heterocycles. The molecule has 0 amide bonds. The van der Waals surface area contributed by atoms with Gasteiger partial charge in [0.25, 0.3) is 0 Å². The van der Waals surface area contributed by atoms with Gasteiger partial charge in [-0.2, -0.15) is 0 Å². The highest BCUT2D eigenvalue weighted by atomic mass is 16.5. The second-order valence-corrected chi connectivity index (χ2v) is 10.9. The van der Waals surface area contributed by atoms with Gasteiger partial charge in [-0.05, 0) is 66.4 Å². The summed E-state index contributed by atoms with van der Waals surface area (Å²) in [6.45, 7) is 6.50. The molecule has 0 unspecified atom stereocenters. The fourth-order valence-electron chi connectivity index (χ4n) is 6.21. The lowest BCUT2D eigenvalue weighted by Gasteiger charge is -2.22. The Morgan fingerprint density at radius 3 is 1.28 bits per heavy atom. The molecule has 230 valence electrons. The van der Waals surface area contributed by atoms with Crippen molar-refractivity contribution in [2.24, 2.45) is 0 Å². The molecule has 5 rings (SSSR count). The smallest absolute Gasteiger partial charge is 0.203 e. The van der Waals surface area contributed by atoms with Gasteiger partial charge in [-0.15, -0.1) is 0 Å². The molecule has 0 radical (unpaired) electrons. The van der Waals surface area contributed by atoms with Crippen LogP contribution < -0.4 is 28.4 Å². The molecular formula is C35H44N2O6. The molecule has 1 saturated heterocycles. The fourth-order valence-corrected chi connectivity index (χ4v) is 6.21. The van der Waals surface area contributed by atoms with E-state index in [0.717, 1.165) is 73.7 Å². The second-order valence-electron chi connectivity index (χ2n) is 10.9. The van der Waals surface area contributed by atoms with Crippen LogP contribution in [-0.4, -0.2) is 91.7 Å². The molecule has 4 aromatic carbocycles. The normalized spacial score (nSPS) is 14.5. The van der Waals surface area contributed by atoms with Crippen LogP contribution in [0.25, 0.3) is 21.5 Å². The minimum absolute atomic E-state index is 0.626. The first-order valence-electron chi connectivity index (χ1n) is 14.9. The van der Waals surface area contributed by atoms with Gasteiger partial charge >= 0.3 is 0 Å². The summed E-state index contributed by atoms with van der Waals surface area (Å²) in [5.74, 6) is 4.03. The van der Waals surface area contributed by atoms with Gasteiger partial charge in [-0.3, -0.25) is 0 Å². The van der Waals surface area contributed by atoms with Crippen molar-refractivity contribution in [2.45, 2.75) is 19.3 Å². The molecule has 8 nitrogen and oxygen atoms in total. The summed E-state index contributed by atoms with van der Waals surface area (Å²) in [4.78, 5) is 5.20. The van der Waals surface area contributed by atoms with Crippen LogP contribution in [0.4, 0.5) is 0 Å². The van der Waals surface area contributed by atoms with E-state index in [1.54, 1.807) is 42.7 Å². The topological polar surface area (TPSA) is 61.9 Å². The monoisotopic (exact) mass is 588 g/mol. The van der Waals surface area contributed by atoms with Crippen molar-refractivity contribution in [3.63, 3.8) is 0 Å². The summed E-state index contributed by atoms with van der Waals surface area (Å²) in [7, 11) is 9.93. The molecule has 0 aliphatic carbocycles. The number of benzene rings is 4. The summed E-state index contributed by atoms with van der Waals surface area (Å²) in [6, 6.07) is 17.2. The van der Waals surface area contributed by atoms with Gasteiger partial charge in [0.1, 0.15) is 0 Å².